The van der Waals surface area contributed by atoms with E-state index in [9.17, 15) is 0 Å². The first-order valence-corrected chi connectivity index (χ1v) is 4.55. The Bertz CT molecular complexity index is 157. The average molecular weight is 172 g/mol. The van der Waals surface area contributed by atoms with Crippen molar-refractivity contribution < 1.29 is 9.47 Å². The van der Waals surface area contributed by atoms with Crippen LogP contribution in [0, 0.1) is 0 Å². The first-order valence-electron chi connectivity index (χ1n) is 4.55. The van der Waals surface area contributed by atoms with Crippen molar-refractivity contribution in [3.05, 3.63) is 0 Å². The van der Waals surface area contributed by atoms with E-state index < -0.39 is 0 Å². The second-order valence-electron chi connectivity index (χ2n) is 3.42. The van der Waals surface area contributed by atoms with Crippen LogP contribution in [0.1, 0.15) is 6.42 Å². The van der Waals surface area contributed by atoms with Gasteiger partial charge in [-0.3, -0.25) is 4.90 Å². The van der Waals surface area contributed by atoms with E-state index in [4.69, 9.17) is 15.2 Å². The molecule has 0 bridgehead atoms. The quantitative estimate of drug-likeness (QED) is 0.604. The molecule has 0 amide bonds. The maximum atomic E-state index is 5.57. The first-order chi connectivity index (χ1) is 5.85. The second kappa shape index (κ2) is 3.30. The van der Waals surface area contributed by atoms with Gasteiger partial charge in [-0.25, -0.2) is 0 Å². The van der Waals surface area contributed by atoms with Gasteiger partial charge in [0.15, 0.2) is 5.79 Å². The molecule has 1 spiro atoms. The third kappa shape index (κ3) is 1.47. The van der Waals surface area contributed by atoms with Crippen molar-refractivity contribution in [2.24, 2.45) is 5.73 Å². The highest BCUT2D eigenvalue weighted by atomic mass is 16.7. The van der Waals surface area contributed by atoms with Gasteiger partial charge in [0.1, 0.15) is 0 Å². The van der Waals surface area contributed by atoms with Crippen LogP contribution >= 0.6 is 0 Å². The molecule has 2 heterocycles. The van der Waals surface area contributed by atoms with Crippen LogP contribution in [0.25, 0.3) is 0 Å². The SMILES string of the molecule is NCCN1CCC2(C1)OCCO2. The number of nitrogens with zero attached hydrogens (tertiary/aromatic N) is 1. The number of rotatable bonds is 2. The van der Waals surface area contributed by atoms with Crippen molar-refractivity contribution in [1.82, 2.24) is 4.90 Å². The van der Waals surface area contributed by atoms with Crippen LogP contribution in [0.15, 0.2) is 0 Å². The van der Waals surface area contributed by atoms with Gasteiger partial charge in [-0.1, -0.05) is 0 Å². The fraction of sp³-hybridized carbons (Fsp3) is 1.00. The minimum Gasteiger partial charge on any atom is -0.346 e. The van der Waals surface area contributed by atoms with Gasteiger partial charge in [0.05, 0.1) is 19.8 Å². The summed E-state index contributed by atoms with van der Waals surface area (Å²) in [5, 5.41) is 0. The molecule has 0 atom stereocenters. The molecule has 2 fully saturated rings. The average Bonchev–Trinajstić information content (AvgIpc) is 2.65. The molecule has 70 valence electrons. The lowest BCUT2D eigenvalue weighted by molar-refractivity contribution is -0.145. The molecule has 4 nitrogen and oxygen atoms in total. The molecule has 4 heteroatoms. The standard InChI is InChI=1S/C8H16N2O2/c9-2-4-10-3-1-8(7-10)11-5-6-12-8/h1-7,9H2. The van der Waals surface area contributed by atoms with Gasteiger partial charge in [-0.15, -0.1) is 0 Å². The Labute approximate surface area is 72.6 Å². The van der Waals surface area contributed by atoms with E-state index >= 15 is 0 Å². The minimum atomic E-state index is -0.269. The topological polar surface area (TPSA) is 47.7 Å². The lowest BCUT2D eigenvalue weighted by Gasteiger charge is -2.21. The monoisotopic (exact) mass is 172 g/mol. The molecule has 0 aromatic heterocycles. The van der Waals surface area contributed by atoms with Gasteiger partial charge in [0.25, 0.3) is 0 Å². The highest BCUT2D eigenvalue weighted by Crippen LogP contribution is 2.29. The van der Waals surface area contributed by atoms with E-state index in [2.05, 4.69) is 4.90 Å². The summed E-state index contributed by atoms with van der Waals surface area (Å²) in [7, 11) is 0. The largest absolute Gasteiger partial charge is 0.346 e. The molecule has 0 radical (unpaired) electrons. The summed E-state index contributed by atoms with van der Waals surface area (Å²) in [4.78, 5) is 2.30. The van der Waals surface area contributed by atoms with Crippen LogP contribution < -0.4 is 5.73 Å². The number of hydrogen-bond donors (Lipinski definition) is 1. The van der Waals surface area contributed by atoms with Gasteiger partial charge in [0, 0.05) is 26.1 Å². The summed E-state index contributed by atoms with van der Waals surface area (Å²) in [5.74, 6) is -0.269. The fourth-order valence-corrected chi connectivity index (χ4v) is 1.93. The van der Waals surface area contributed by atoms with Crippen LogP contribution in [0.5, 0.6) is 0 Å². The highest BCUT2D eigenvalue weighted by molar-refractivity contribution is 4.86. The molecular weight excluding hydrogens is 156 g/mol. The summed E-state index contributed by atoms with van der Waals surface area (Å²) >= 11 is 0. The van der Waals surface area contributed by atoms with E-state index in [1.54, 1.807) is 0 Å². The van der Waals surface area contributed by atoms with Crippen molar-refractivity contribution in [1.29, 1.82) is 0 Å². The van der Waals surface area contributed by atoms with Crippen LogP contribution in [-0.2, 0) is 9.47 Å². The van der Waals surface area contributed by atoms with Crippen LogP contribution in [0.2, 0.25) is 0 Å². The molecule has 0 saturated carbocycles. The number of nitrogens with two attached hydrogens (primary N) is 1. The minimum absolute atomic E-state index is 0.269. The lowest BCUT2D eigenvalue weighted by atomic mass is 10.2. The fourth-order valence-electron chi connectivity index (χ4n) is 1.93. The molecule has 2 rings (SSSR count). The van der Waals surface area contributed by atoms with Crippen molar-refractivity contribution in [2.75, 3.05) is 39.4 Å². The van der Waals surface area contributed by atoms with Crippen LogP contribution in [-0.4, -0.2) is 50.1 Å². The number of likely N-dealkylation sites (tertiary alicyclic amines) is 1. The van der Waals surface area contributed by atoms with Crippen molar-refractivity contribution >= 4 is 0 Å². The maximum Gasteiger partial charge on any atom is 0.182 e. The molecular formula is C8H16N2O2. The van der Waals surface area contributed by atoms with E-state index in [-0.39, 0.29) is 5.79 Å². The van der Waals surface area contributed by atoms with Crippen molar-refractivity contribution in [3.8, 4) is 0 Å². The summed E-state index contributed by atoms with van der Waals surface area (Å²) in [5.41, 5.74) is 5.47. The molecule has 0 aromatic rings. The third-order valence-corrected chi connectivity index (χ3v) is 2.53. The number of ether oxygens (including phenoxy) is 2. The first kappa shape index (κ1) is 8.44. The van der Waals surface area contributed by atoms with E-state index in [1.165, 1.54) is 0 Å². The van der Waals surface area contributed by atoms with Gasteiger partial charge in [-0.05, 0) is 0 Å². The Hall–Kier alpha value is -0.160. The molecule has 2 saturated heterocycles. The predicted molar refractivity (Wildman–Crippen MR) is 44.7 cm³/mol. The predicted octanol–water partition coefficient (Wildman–Crippen LogP) is -0.606. The van der Waals surface area contributed by atoms with Crippen LogP contribution in [0.3, 0.4) is 0 Å². The Morgan fingerprint density at radius 1 is 1.33 bits per heavy atom. The number of hydrogen-bond acceptors (Lipinski definition) is 4. The molecule has 2 aliphatic rings. The summed E-state index contributed by atoms with van der Waals surface area (Å²) in [6, 6.07) is 0. The Morgan fingerprint density at radius 2 is 2.08 bits per heavy atom. The maximum absolute atomic E-state index is 5.57. The van der Waals surface area contributed by atoms with Crippen LogP contribution in [0.4, 0.5) is 0 Å². The highest BCUT2D eigenvalue weighted by Gasteiger charge is 2.42. The van der Waals surface area contributed by atoms with E-state index in [0.29, 0.717) is 0 Å². The smallest absolute Gasteiger partial charge is 0.182 e. The van der Waals surface area contributed by atoms with Crippen molar-refractivity contribution in [3.63, 3.8) is 0 Å². The van der Waals surface area contributed by atoms with Crippen molar-refractivity contribution in [2.45, 2.75) is 12.2 Å². The second-order valence-corrected chi connectivity index (χ2v) is 3.42. The third-order valence-electron chi connectivity index (χ3n) is 2.53. The Morgan fingerprint density at radius 3 is 2.75 bits per heavy atom. The lowest BCUT2D eigenvalue weighted by Crippen LogP contribution is -2.36. The molecule has 0 unspecified atom stereocenters. The Kier molecular flexibility index (Phi) is 2.32. The summed E-state index contributed by atoms with van der Waals surface area (Å²) in [6.07, 6.45) is 0.993. The molecule has 0 aromatic carbocycles. The summed E-state index contributed by atoms with van der Waals surface area (Å²) < 4.78 is 11.1. The molecule has 2 aliphatic heterocycles. The van der Waals surface area contributed by atoms with Gasteiger partial charge >= 0.3 is 0 Å². The summed E-state index contributed by atoms with van der Waals surface area (Å²) in [6.45, 7) is 5.11. The molecule has 12 heavy (non-hydrogen) atoms. The van der Waals surface area contributed by atoms with Gasteiger partial charge in [0.2, 0.25) is 0 Å². The molecule has 2 N–H and O–H groups in total. The Balaban J connectivity index is 1.88. The van der Waals surface area contributed by atoms with Gasteiger partial charge < -0.3 is 15.2 Å². The normalized spacial score (nSPS) is 28.8. The van der Waals surface area contributed by atoms with E-state index in [1.807, 2.05) is 0 Å². The zero-order valence-corrected chi connectivity index (χ0v) is 7.29. The zero-order chi connectivity index (χ0) is 8.44. The van der Waals surface area contributed by atoms with E-state index in [0.717, 1.165) is 45.8 Å². The zero-order valence-electron chi connectivity index (χ0n) is 7.29. The van der Waals surface area contributed by atoms with Gasteiger partial charge in [-0.2, -0.15) is 0 Å². The molecule has 0 aliphatic carbocycles.